The van der Waals surface area contributed by atoms with Crippen molar-refractivity contribution >= 4 is 6.47 Å². The minimum absolute atomic E-state index is 0.482. The van der Waals surface area contributed by atoms with E-state index in [9.17, 15) is 4.79 Å². The van der Waals surface area contributed by atoms with Gasteiger partial charge in [-0.05, 0) is 55.4 Å². The van der Waals surface area contributed by atoms with Crippen molar-refractivity contribution < 1.29 is 14.3 Å². The van der Waals surface area contributed by atoms with Gasteiger partial charge < -0.3 is 9.47 Å². The first-order valence-corrected chi connectivity index (χ1v) is 9.13. The molecule has 1 radical (unpaired) electrons. The average Bonchev–Trinajstić information content (AvgIpc) is 2.66. The van der Waals surface area contributed by atoms with Crippen LogP contribution < -0.4 is 4.74 Å². The van der Waals surface area contributed by atoms with Crippen LogP contribution in [0.15, 0.2) is 54.6 Å². The van der Waals surface area contributed by atoms with Crippen LogP contribution in [-0.2, 0) is 22.4 Å². The van der Waals surface area contributed by atoms with Gasteiger partial charge in [-0.1, -0.05) is 55.3 Å². The fourth-order valence-electron chi connectivity index (χ4n) is 2.80. The molecule has 0 amide bonds. The van der Waals surface area contributed by atoms with Gasteiger partial charge in [0.1, 0.15) is 5.75 Å². The Kier molecular flexibility index (Phi) is 9.24. The molecule has 0 aliphatic rings. The fourth-order valence-corrected chi connectivity index (χ4v) is 2.80. The van der Waals surface area contributed by atoms with E-state index >= 15 is 0 Å². The van der Waals surface area contributed by atoms with Crippen LogP contribution in [0.5, 0.6) is 5.75 Å². The van der Waals surface area contributed by atoms with Gasteiger partial charge in [0.15, 0.2) is 0 Å². The van der Waals surface area contributed by atoms with Crippen molar-refractivity contribution in [3.63, 3.8) is 0 Å². The third-order valence-electron chi connectivity index (χ3n) is 4.14. The minimum Gasteiger partial charge on any atom is -0.494 e. The summed E-state index contributed by atoms with van der Waals surface area (Å²) in [6, 6.07) is 18.9. The maximum absolute atomic E-state index is 9.92. The van der Waals surface area contributed by atoms with Crippen LogP contribution >= 0.6 is 0 Å². The molecule has 0 unspecified atom stereocenters. The van der Waals surface area contributed by atoms with E-state index in [1.54, 1.807) is 0 Å². The first-order chi connectivity index (χ1) is 12.4. The van der Waals surface area contributed by atoms with Gasteiger partial charge in [-0.3, -0.25) is 0 Å². The Labute approximate surface area is 151 Å². The first-order valence-electron chi connectivity index (χ1n) is 9.13. The molecule has 0 saturated heterocycles. The molecule has 2 rings (SSSR count). The summed E-state index contributed by atoms with van der Waals surface area (Å²) in [5.41, 5.74) is 2.68. The molecule has 0 heterocycles. The highest BCUT2D eigenvalue weighted by molar-refractivity contribution is 5.38. The Morgan fingerprint density at radius 2 is 1.48 bits per heavy atom. The molecule has 0 N–H and O–H groups in total. The maximum Gasteiger partial charge on any atom is 0.417 e. The molecule has 0 aliphatic heterocycles. The second kappa shape index (κ2) is 12.1. The van der Waals surface area contributed by atoms with E-state index < -0.39 is 0 Å². The number of carbonyl (C=O) groups excluding carboxylic acids is 1. The van der Waals surface area contributed by atoms with E-state index in [1.165, 1.54) is 17.6 Å². The lowest BCUT2D eigenvalue weighted by molar-refractivity contribution is 0.269. The van der Waals surface area contributed by atoms with Crippen molar-refractivity contribution in [2.75, 3.05) is 13.2 Å². The quantitative estimate of drug-likeness (QED) is 0.488. The Hall–Kier alpha value is -2.29. The van der Waals surface area contributed by atoms with Gasteiger partial charge >= 0.3 is 6.47 Å². The molecule has 25 heavy (non-hydrogen) atoms. The number of unbranched alkanes of at least 4 members (excludes halogenated alkanes) is 3. The van der Waals surface area contributed by atoms with Gasteiger partial charge in [-0.15, -0.1) is 0 Å². The van der Waals surface area contributed by atoms with Gasteiger partial charge in [0.05, 0.1) is 13.2 Å². The molecular formula is C22H27O3. The number of hydrogen-bond acceptors (Lipinski definition) is 3. The molecule has 0 saturated carbocycles. The molecule has 3 nitrogen and oxygen atoms in total. The number of aryl methyl sites for hydroxylation is 2. The van der Waals surface area contributed by atoms with Gasteiger partial charge in [0.25, 0.3) is 0 Å². The summed E-state index contributed by atoms with van der Waals surface area (Å²) < 4.78 is 10.5. The standard InChI is InChI=1S/C22H27O3/c23-19-24-16-7-2-1-4-12-21-13-8-15-22(18-21)25-17-9-14-20-10-5-3-6-11-20/h3,5-6,8,10-11,13,15,18H,1-2,4,7,9,12,14,16-17H2. The number of benzene rings is 2. The summed E-state index contributed by atoms with van der Waals surface area (Å²) in [5, 5.41) is 0. The third-order valence-corrected chi connectivity index (χ3v) is 4.14. The average molecular weight is 339 g/mol. The second-order valence-corrected chi connectivity index (χ2v) is 6.18. The predicted octanol–water partition coefficient (Wildman–Crippen LogP) is 4.88. The lowest BCUT2D eigenvalue weighted by Crippen LogP contribution is -2.00. The van der Waals surface area contributed by atoms with Crippen LogP contribution in [0.3, 0.4) is 0 Å². The van der Waals surface area contributed by atoms with Crippen LogP contribution in [-0.4, -0.2) is 19.7 Å². The Morgan fingerprint density at radius 1 is 0.720 bits per heavy atom. The zero-order valence-electron chi connectivity index (χ0n) is 14.8. The molecule has 0 fully saturated rings. The van der Waals surface area contributed by atoms with Gasteiger partial charge in [0.2, 0.25) is 0 Å². The molecule has 0 atom stereocenters. The Balaban J connectivity index is 1.60. The smallest absolute Gasteiger partial charge is 0.417 e. The molecular weight excluding hydrogens is 312 g/mol. The summed E-state index contributed by atoms with van der Waals surface area (Å²) in [7, 11) is 0. The zero-order chi connectivity index (χ0) is 17.6. The van der Waals surface area contributed by atoms with E-state index in [0.29, 0.717) is 6.61 Å². The summed E-state index contributed by atoms with van der Waals surface area (Å²) in [4.78, 5) is 9.92. The van der Waals surface area contributed by atoms with Gasteiger partial charge in [-0.25, -0.2) is 4.79 Å². The normalized spacial score (nSPS) is 10.4. The van der Waals surface area contributed by atoms with E-state index in [4.69, 9.17) is 4.74 Å². The summed E-state index contributed by atoms with van der Waals surface area (Å²) in [6.07, 6.45) is 7.41. The number of rotatable bonds is 13. The van der Waals surface area contributed by atoms with Crippen LogP contribution in [0.25, 0.3) is 0 Å². The van der Waals surface area contributed by atoms with Gasteiger partial charge in [0, 0.05) is 0 Å². The highest BCUT2D eigenvalue weighted by Gasteiger charge is 1.99. The van der Waals surface area contributed by atoms with Crippen molar-refractivity contribution in [2.24, 2.45) is 0 Å². The lowest BCUT2D eigenvalue weighted by atomic mass is 10.1. The van der Waals surface area contributed by atoms with Crippen molar-refractivity contribution in [1.82, 2.24) is 0 Å². The van der Waals surface area contributed by atoms with E-state index in [0.717, 1.165) is 57.3 Å². The van der Waals surface area contributed by atoms with Crippen molar-refractivity contribution in [1.29, 1.82) is 0 Å². The monoisotopic (exact) mass is 339 g/mol. The molecule has 3 heteroatoms. The fraction of sp³-hybridized carbons (Fsp3) is 0.409. The molecule has 0 aromatic heterocycles. The molecule has 0 spiro atoms. The zero-order valence-corrected chi connectivity index (χ0v) is 14.8. The summed E-state index contributed by atoms with van der Waals surface area (Å²) >= 11 is 0. The maximum atomic E-state index is 9.92. The highest BCUT2D eigenvalue weighted by Crippen LogP contribution is 2.16. The van der Waals surface area contributed by atoms with Crippen LogP contribution in [0.4, 0.5) is 0 Å². The van der Waals surface area contributed by atoms with E-state index in [-0.39, 0.29) is 0 Å². The first kappa shape index (κ1) is 19.0. The predicted molar refractivity (Wildman–Crippen MR) is 101 cm³/mol. The van der Waals surface area contributed by atoms with E-state index in [2.05, 4.69) is 47.2 Å². The highest BCUT2D eigenvalue weighted by atomic mass is 16.5. The number of hydrogen-bond donors (Lipinski definition) is 0. The van der Waals surface area contributed by atoms with Crippen molar-refractivity contribution in [3.8, 4) is 5.75 Å². The van der Waals surface area contributed by atoms with Crippen LogP contribution in [0.2, 0.25) is 0 Å². The van der Waals surface area contributed by atoms with E-state index in [1.807, 2.05) is 12.1 Å². The van der Waals surface area contributed by atoms with Crippen molar-refractivity contribution in [2.45, 2.75) is 44.9 Å². The topological polar surface area (TPSA) is 35.5 Å². The Bertz CT molecular complexity index is 595. The summed E-state index contributed by atoms with van der Waals surface area (Å²) in [5.74, 6) is 0.959. The minimum atomic E-state index is 0.482. The molecule has 2 aromatic rings. The second-order valence-electron chi connectivity index (χ2n) is 6.18. The van der Waals surface area contributed by atoms with Crippen LogP contribution in [0, 0.1) is 0 Å². The third kappa shape index (κ3) is 8.39. The largest absolute Gasteiger partial charge is 0.494 e. The van der Waals surface area contributed by atoms with Crippen LogP contribution in [0.1, 0.15) is 43.2 Å². The number of ether oxygens (including phenoxy) is 2. The molecule has 0 aliphatic carbocycles. The van der Waals surface area contributed by atoms with Gasteiger partial charge in [-0.2, -0.15) is 0 Å². The molecule has 0 bridgehead atoms. The lowest BCUT2D eigenvalue weighted by Gasteiger charge is -2.08. The van der Waals surface area contributed by atoms with Crippen molar-refractivity contribution in [3.05, 3.63) is 65.7 Å². The SMILES string of the molecule is O=[C]OCCCCCCc1cccc(OCCCc2ccccc2)c1. The molecule has 2 aromatic carbocycles. The Morgan fingerprint density at radius 3 is 2.32 bits per heavy atom. The summed E-state index contributed by atoms with van der Waals surface area (Å²) in [6.45, 7) is 2.68. The molecule has 133 valence electrons.